The molecule has 1 aromatic heterocycles. The third-order valence-corrected chi connectivity index (χ3v) is 2.55. The van der Waals surface area contributed by atoms with Gasteiger partial charge in [0.1, 0.15) is 0 Å². The van der Waals surface area contributed by atoms with Gasteiger partial charge in [-0.2, -0.15) is 4.98 Å². The average Bonchev–Trinajstić information content (AvgIpc) is 2.35. The SMILES string of the molecule is Cc1c(O)nc(C#Cc2ccccc2Cl)oc1=O. The second kappa shape index (κ2) is 4.94. The van der Waals surface area contributed by atoms with Crippen LogP contribution in [-0.4, -0.2) is 10.1 Å². The van der Waals surface area contributed by atoms with Crippen molar-refractivity contribution in [2.45, 2.75) is 6.92 Å². The van der Waals surface area contributed by atoms with Gasteiger partial charge in [-0.05, 0) is 25.0 Å². The molecule has 90 valence electrons. The van der Waals surface area contributed by atoms with E-state index in [1.807, 2.05) is 0 Å². The fourth-order valence-corrected chi connectivity index (χ4v) is 1.38. The minimum absolute atomic E-state index is 0.0540. The highest BCUT2D eigenvalue weighted by Crippen LogP contribution is 2.13. The molecule has 2 rings (SSSR count). The molecule has 0 saturated heterocycles. The molecule has 0 amide bonds. The fraction of sp³-hybridized carbons (Fsp3) is 0.0769. The molecule has 0 saturated carbocycles. The van der Waals surface area contributed by atoms with Crippen molar-refractivity contribution in [2.24, 2.45) is 0 Å². The summed E-state index contributed by atoms with van der Waals surface area (Å²) in [5.41, 5.74) is -0.0204. The topological polar surface area (TPSA) is 63.3 Å². The maximum Gasteiger partial charge on any atom is 0.346 e. The summed E-state index contributed by atoms with van der Waals surface area (Å²) in [6, 6.07) is 6.99. The summed E-state index contributed by atoms with van der Waals surface area (Å²) in [5.74, 6) is 4.72. The highest BCUT2D eigenvalue weighted by molar-refractivity contribution is 6.31. The van der Waals surface area contributed by atoms with Crippen LogP contribution in [0.1, 0.15) is 17.0 Å². The van der Waals surface area contributed by atoms with Crippen molar-refractivity contribution in [1.29, 1.82) is 0 Å². The molecular weight excluding hydrogens is 254 g/mol. The van der Waals surface area contributed by atoms with Crippen LogP contribution in [0, 0.1) is 18.8 Å². The molecule has 0 aliphatic heterocycles. The molecule has 0 bridgehead atoms. The van der Waals surface area contributed by atoms with Gasteiger partial charge in [0.2, 0.25) is 5.88 Å². The maximum atomic E-state index is 11.3. The van der Waals surface area contributed by atoms with E-state index in [0.717, 1.165) is 0 Å². The van der Waals surface area contributed by atoms with Crippen LogP contribution < -0.4 is 5.63 Å². The Balaban J connectivity index is 2.43. The van der Waals surface area contributed by atoms with Crippen LogP contribution in [-0.2, 0) is 0 Å². The van der Waals surface area contributed by atoms with E-state index in [9.17, 15) is 9.90 Å². The van der Waals surface area contributed by atoms with Crippen molar-refractivity contribution in [2.75, 3.05) is 0 Å². The lowest BCUT2D eigenvalue weighted by Crippen LogP contribution is -2.06. The number of benzene rings is 1. The summed E-state index contributed by atoms with van der Waals surface area (Å²) in [6.07, 6.45) is 0. The number of nitrogens with zero attached hydrogens (tertiary/aromatic N) is 1. The van der Waals surface area contributed by atoms with Crippen molar-refractivity contribution in [3.05, 3.63) is 56.7 Å². The summed E-state index contributed by atoms with van der Waals surface area (Å²) in [5, 5.41) is 9.86. The molecule has 0 aliphatic rings. The first kappa shape index (κ1) is 12.2. The predicted octanol–water partition coefficient (Wildman–Crippen LogP) is 2.10. The molecular formula is C13H8ClNO3. The van der Waals surface area contributed by atoms with Crippen LogP contribution >= 0.6 is 11.6 Å². The van der Waals surface area contributed by atoms with Crippen LogP contribution in [0.15, 0.2) is 33.5 Å². The molecule has 0 spiro atoms. The van der Waals surface area contributed by atoms with E-state index in [0.29, 0.717) is 10.6 Å². The predicted molar refractivity (Wildman–Crippen MR) is 66.6 cm³/mol. The Morgan fingerprint density at radius 1 is 1.33 bits per heavy atom. The van der Waals surface area contributed by atoms with E-state index in [1.165, 1.54) is 6.92 Å². The van der Waals surface area contributed by atoms with Gasteiger partial charge in [0.25, 0.3) is 5.89 Å². The first-order valence-corrected chi connectivity index (χ1v) is 5.43. The first-order chi connectivity index (χ1) is 8.58. The molecule has 5 heteroatoms. The van der Waals surface area contributed by atoms with E-state index >= 15 is 0 Å². The number of halogens is 1. The quantitative estimate of drug-likeness (QED) is 0.738. The van der Waals surface area contributed by atoms with E-state index in [4.69, 9.17) is 16.0 Å². The summed E-state index contributed by atoms with van der Waals surface area (Å²) >= 11 is 5.91. The third kappa shape index (κ3) is 2.53. The monoisotopic (exact) mass is 261 g/mol. The molecule has 0 aliphatic carbocycles. The summed E-state index contributed by atoms with van der Waals surface area (Å²) < 4.78 is 4.81. The van der Waals surface area contributed by atoms with Crippen LogP contribution in [0.2, 0.25) is 5.02 Å². The Kier molecular flexibility index (Phi) is 3.35. The van der Waals surface area contributed by atoms with Gasteiger partial charge in [-0.25, -0.2) is 4.79 Å². The van der Waals surface area contributed by atoms with Crippen LogP contribution in [0.4, 0.5) is 0 Å². The molecule has 4 nitrogen and oxygen atoms in total. The third-order valence-electron chi connectivity index (χ3n) is 2.22. The standard InChI is InChI=1S/C13H8ClNO3/c1-8-12(16)15-11(18-13(8)17)7-6-9-4-2-3-5-10(9)14/h2-5,16H,1H3. The summed E-state index contributed by atoms with van der Waals surface area (Å²) in [7, 11) is 0. The zero-order valence-electron chi connectivity index (χ0n) is 9.40. The van der Waals surface area contributed by atoms with Crippen molar-refractivity contribution in [3.63, 3.8) is 0 Å². The van der Waals surface area contributed by atoms with E-state index in [2.05, 4.69) is 16.8 Å². The summed E-state index contributed by atoms with van der Waals surface area (Å²) in [4.78, 5) is 14.9. The number of hydrogen-bond acceptors (Lipinski definition) is 4. The van der Waals surface area contributed by atoms with E-state index in [-0.39, 0.29) is 17.3 Å². The number of rotatable bonds is 0. The molecule has 1 heterocycles. The van der Waals surface area contributed by atoms with Gasteiger partial charge < -0.3 is 9.52 Å². The minimum Gasteiger partial charge on any atom is -0.493 e. The highest BCUT2D eigenvalue weighted by Gasteiger charge is 2.06. The van der Waals surface area contributed by atoms with E-state index in [1.54, 1.807) is 24.3 Å². The van der Waals surface area contributed by atoms with Crippen LogP contribution in [0.3, 0.4) is 0 Å². The number of aromatic hydroxyl groups is 1. The Hall–Kier alpha value is -2.25. The minimum atomic E-state index is -0.661. The lowest BCUT2D eigenvalue weighted by molar-refractivity contribution is 0.401. The summed E-state index contributed by atoms with van der Waals surface area (Å²) in [6.45, 7) is 1.42. The molecule has 0 unspecified atom stereocenters. The second-order valence-electron chi connectivity index (χ2n) is 3.48. The molecule has 1 N–H and O–H groups in total. The van der Waals surface area contributed by atoms with Gasteiger partial charge in [0.05, 0.1) is 10.6 Å². The Bertz CT molecular complexity index is 710. The number of hydrogen-bond donors (Lipinski definition) is 1. The van der Waals surface area contributed by atoms with Gasteiger partial charge in [-0.15, -0.1) is 0 Å². The van der Waals surface area contributed by atoms with Crippen LogP contribution in [0.25, 0.3) is 0 Å². The molecule has 0 radical (unpaired) electrons. The van der Waals surface area contributed by atoms with Crippen molar-refractivity contribution in [3.8, 4) is 17.7 Å². The normalized spacial score (nSPS) is 9.67. The molecule has 0 fully saturated rings. The Morgan fingerprint density at radius 2 is 2.06 bits per heavy atom. The first-order valence-electron chi connectivity index (χ1n) is 5.05. The van der Waals surface area contributed by atoms with Crippen LogP contribution in [0.5, 0.6) is 5.88 Å². The van der Waals surface area contributed by atoms with Crippen molar-refractivity contribution in [1.82, 2.24) is 4.98 Å². The van der Waals surface area contributed by atoms with Gasteiger partial charge in [0, 0.05) is 5.56 Å². The maximum absolute atomic E-state index is 11.3. The van der Waals surface area contributed by atoms with E-state index < -0.39 is 5.63 Å². The van der Waals surface area contributed by atoms with Gasteiger partial charge in [0.15, 0.2) is 0 Å². The fourth-order valence-electron chi connectivity index (χ4n) is 1.20. The van der Waals surface area contributed by atoms with Crippen molar-refractivity contribution < 1.29 is 9.52 Å². The zero-order valence-corrected chi connectivity index (χ0v) is 10.2. The molecule has 18 heavy (non-hydrogen) atoms. The molecule has 2 aromatic rings. The molecule has 1 aromatic carbocycles. The Morgan fingerprint density at radius 3 is 2.72 bits per heavy atom. The Labute approximate surface area is 108 Å². The zero-order chi connectivity index (χ0) is 13.1. The highest BCUT2D eigenvalue weighted by atomic mass is 35.5. The van der Waals surface area contributed by atoms with Gasteiger partial charge in [-0.1, -0.05) is 29.7 Å². The molecule has 0 atom stereocenters. The average molecular weight is 262 g/mol. The number of aromatic nitrogens is 1. The smallest absolute Gasteiger partial charge is 0.346 e. The van der Waals surface area contributed by atoms with Crippen molar-refractivity contribution >= 4 is 11.6 Å². The largest absolute Gasteiger partial charge is 0.493 e. The van der Waals surface area contributed by atoms with Gasteiger partial charge >= 0.3 is 5.63 Å². The second-order valence-corrected chi connectivity index (χ2v) is 3.89. The lowest BCUT2D eigenvalue weighted by Gasteiger charge is -1.95. The lowest BCUT2D eigenvalue weighted by atomic mass is 10.2. The van der Waals surface area contributed by atoms with Gasteiger partial charge in [-0.3, -0.25) is 0 Å².